The highest BCUT2D eigenvalue weighted by Gasteiger charge is 2.26. The van der Waals surface area contributed by atoms with Crippen LogP contribution in [0.3, 0.4) is 0 Å². The van der Waals surface area contributed by atoms with Crippen molar-refractivity contribution < 1.29 is 8.83 Å². The molecule has 0 spiro atoms. The Kier molecular flexibility index (Phi) is 7.91. The second-order valence-electron chi connectivity index (χ2n) is 17.7. The van der Waals surface area contributed by atoms with Crippen molar-refractivity contribution in [1.29, 1.82) is 0 Å². The average Bonchev–Trinajstić information content (AvgIpc) is 4.16. The van der Waals surface area contributed by atoms with Gasteiger partial charge in [0.05, 0.1) is 11.0 Å². The van der Waals surface area contributed by atoms with Gasteiger partial charge in [0.25, 0.3) is 0 Å². The minimum atomic E-state index is -0.464. The molecule has 1 N–H and O–H groups in total. The van der Waals surface area contributed by atoms with Crippen molar-refractivity contribution in [2.75, 3.05) is 0 Å². The minimum absolute atomic E-state index is 0.464. The van der Waals surface area contributed by atoms with Crippen LogP contribution in [-0.2, 0) is 0 Å². The molecule has 0 bridgehead atoms. The molecule has 15 rings (SSSR count). The Bertz CT molecular complexity index is 4510. The molecule has 7 heteroatoms. The van der Waals surface area contributed by atoms with Gasteiger partial charge in [0.1, 0.15) is 34.3 Å². The first-order chi connectivity index (χ1) is 33.6. The van der Waals surface area contributed by atoms with Crippen molar-refractivity contribution in [3.63, 3.8) is 0 Å². The Morgan fingerprint density at radius 1 is 0.426 bits per heavy atom. The molecule has 0 radical (unpaired) electrons. The highest BCUT2D eigenvalue weighted by molar-refractivity contribution is 7.25. The van der Waals surface area contributed by atoms with Crippen molar-refractivity contribution in [2.24, 2.45) is 9.98 Å². The number of nitrogens with zero attached hydrogens (tertiary/aromatic N) is 3. The van der Waals surface area contributed by atoms with Gasteiger partial charge in [-0.05, 0) is 125 Å². The quantitative estimate of drug-likeness (QED) is 0.187. The predicted molar refractivity (Wildman–Crippen MR) is 283 cm³/mol. The molecule has 68 heavy (non-hydrogen) atoms. The smallest absolute Gasteiger partial charge is 0.160 e. The number of nitrogens with one attached hydrogen (secondary N) is 1. The number of amidine groups is 2. The lowest BCUT2D eigenvalue weighted by Gasteiger charge is -2.25. The number of rotatable bonds is 5. The summed E-state index contributed by atoms with van der Waals surface area (Å²) in [4.78, 5) is 11.0. The van der Waals surface area contributed by atoms with Gasteiger partial charge in [-0.3, -0.25) is 0 Å². The number of furan rings is 2. The molecule has 14 aromatic rings. The summed E-state index contributed by atoms with van der Waals surface area (Å²) >= 11 is 1.83. The van der Waals surface area contributed by atoms with Crippen LogP contribution in [0.1, 0.15) is 22.9 Å². The first-order valence-corrected chi connectivity index (χ1v) is 23.7. The summed E-state index contributed by atoms with van der Waals surface area (Å²) in [6.07, 6.45) is -0.464. The van der Waals surface area contributed by atoms with Gasteiger partial charge in [0.15, 0.2) is 5.84 Å². The highest BCUT2D eigenvalue weighted by atomic mass is 32.1. The Morgan fingerprint density at radius 2 is 1.06 bits per heavy atom. The zero-order valence-electron chi connectivity index (χ0n) is 36.3. The van der Waals surface area contributed by atoms with E-state index in [1.165, 1.54) is 41.7 Å². The summed E-state index contributed by atoms with van der Waals surface area (Å²) in [7, 11) is 0. The first-order valence-electron chi connectivity index (χ1n) is 22.9. The lowest BCUT2D eigenvalue weighted by molar-refractivity contribution is 0.663. The largest absolute Gasteiger partial charge is 0.456 e. The van der Waals surface area contributed by atoms with Crippen molar-refractivity contribution in [1.82, 2.24) is 9.88 Å². The number of fused-ring (bicyclic) bond motifs is 13. The highest BCUT2D eigenvalue weighted by Crippen LogP contribution is 2.41. The van der Waals surface area contributed by atoms with E-state index in [9.17, 15) is 0 Å². The van der Waals surface area contributed by atoms with Crippen LogP contribution in [0.15, 0.2) is 225 Å². The summed E-state index contributed by atoms with van der Waals surface area (Å²) < 4.78 is 17.5. The monoisotopic (exact) mass is 888 g/mol. The van der Waals surface area contributed by atoms with E-state index in [1.807, 2.05) is 35.6 Å². The van der Waals surface area contributed by atoms with Gasteiger partial charge < -0.3 is 18.7 Å². The van der Waals surface area contributed by atoms with Crippen LogP contribution in [0.5, 0.6) is 0 Å². The summed E-state index contributed by atoms with van der Waals surface area (Å²) in [5, 5.41) is 15.4. The lowest BCUT2D eigenvalue weighted by atomic mass is 9.96. The van der Waals surface area contributed by atoms with Gasteiger partial charge in [-0.15, -0.1) is 11.3 Å². The molecule has 0 aliphatic carbocycles. The molecule has 0 fully saturated rings. The minimum Gasteiger partial charge on any atom is -0.456 e. The zero-order chi connectivity index (χ0) is 44.5. The van der Waals surface area contributed by atoms with Gasteiger partial charge in [-0.1, -0.05) is 109 Å². The van der Waals surface area contributed by atoms with Crippen LogP contribution in [0.4, 0.5) is 0 Å². The van der Waals surface area contributed by atoms with E-state index in [-0.39, 0.29) is 0 Å². The fourth-order valence-electron chi connectivity index (χ4n) is 10.6. The molecule has 1 unspecified atom stereocenters. The molecule has 0 amide bonds. The summed E-state index contributed by atoms with van der Waals surface area (Å²) in [5.74, 6) is 1.37. The maximum Gasteiger partial charge on any atom is 0.160 e. The molecule has 1 aliphatic rings. The third-order valence-electron chi connectivity index (χ3n) is 13.8. The maximum atomic E-state index is 6.29. The number of aliphatic imine (C=N–C) groups is 2. The lowest BCUT2D eigenvalue weighted by Crippen LogP contribution is -2.33. The van der Waals surface area contributed by atoms with E-state index in [0.29, 0.717) is 5.84 Å². The van der Waals surface area contributed by atoms with Gasteiger partial charge in [0, 0.05) is 69.3 Å². The van der Waals surface area contributed by atoms with Crippen LogP contribution < -0.4 is 5.32 Å². The van der Waals surface area contributed by atoms with Crippen LogP contribution in [0.2, 0.25) is 0 Å². The number of benzene rings is 10. The van der Waals surface area contributed by atoms with E-state index >= 15 is 0 Å². The van der Waals surface area contributed by atoms with Gasteiger partial charge >= 0.3 is 0 Å². The average molecular weight is 889 g/mol. The van der Waals surface area contributed by atoms with Crippen molar-refractivity contribution in [3.8, 4) is 16.8 Å². The number of thiophene rings is 1. The van der Waals surface area contributed by atoms with Crippen LogP contribution in [-0.4, -0.2) is 16.2 Å². The third kappa shape index (κ3) is 5.69. The predicted octanol–water partition coefficient (Wildman–Crippen LogP) is 16.3. The number of para-hydroxylation sites is 3. The van der Waals surface area contributed by atoms with Gasteiger partial charge in [-0.25, -0.2) is 9.98 Å². The fourth-order valence-corrected chi connectivity index (χ4v) is 11.7. The molecule has 5 heterocycles. The molecule has 6 nitrogen and oxygen atoms in total. The zero-order valence-corrected chi connectivity index (χ0v) is 37.1. The van der Waals surface area contributed by atoms with Crippen LogP contribution >= 0.6 is 11.3 Å². The molecule has 0 saturated heterocycles. The number of hydrogen-bond acceptors (Lipinski definition) is 6. The van der Waals surface area contributed by atoms with Crippen molar-refractivity contribution in [3.05, 3.63) is 223 Å². The van der Waals surface area contributed by atoms with Crippen molar-refractivity contribution in [2.45, 2.75) is 6.17 Å². The standard InChI is InChI=1S/C61H36N4O2S/c1-2-12-36-33-52-47(29-35(36)11-1)41-13-3-7-17-51(41)65(52)40-24-25-45(46(34-40)37-23-28-58-50(30-37)44-16-6-10-20-57(44)68-58)61-63-59(38-21-26-55-48(31-38)42-14-4-8-18-53(42)66-55)62-60(64-61)39-22-27-56-49(32-39)43-15-5-9-19-54(43)67-56/h1-34,59H,(H,62,63,64). The second-order valence-corrected chi connectivity index (χ2v) is 18.8. The third-order valence-corrected chi connectivity index (χ3v) is 15.0. The van der Waals surface area contributed by atoms with E-state index in [2.05, 4.69) is 192 Å². The van der Waals surface area contributed by atoms with Crippen LogP contribution in [0, 0.1) is 0 Å². The SMILES string of the molecule is c1ccc2cc3c(cc2c1)c1ccccc1n3-c1ccc(C2=NC(c3ccc4oc5ccccc5c4c3)NC(c3ccc4oc5ccccc5c4c3)=N2)c(-c2ccc3sc4ccccc4c3c2)c1. The van der Waals surface area contributed by atoms with E-state index in [4.69, 9.17) is 18.8 Å². The van der Waals surface area contributed by atoms with Gasteiger partial charge in [0.2, 0.25) is 0 Å². The maximum absolute atomic E-state index is 6.29. The summed E-state index contributed by atoms with van der Waals surface area (Å²) in [5.41, 5.74) is 11.8. The molecule has 1 aliphatic heterocycles. The Balaban J connectivity index is 0.981. The van der Waals surface area contributed by atoms with Gasteiger partial charge in [-0.2, -0.15) is 0 Å². The second kappa shape index (κ2) is 14.4. The van der Waals surface area contributed by atoms with E-state index < -0.39 is 6.17 Å². The Morgan fingerprint density at radius 3 is 1.88 bits per heavy atom. The molecular formula is C61H36N4O2S. The van der Waals surface area contributed by atoms with E-state index in [1.54, 1.807) is 0 Å². The van der Waals surface area contributed by atoms with Crippen molar-refractivity contribution >= 4 is 120 Å². The molecule has 4 aromatic heterocycles. The Hall–Kier alpha value is -8.78. The first kappa shape index (κ1) is 37.4. The summed E-state index contributed by atoms with van der Waals surface area (Å²) in [6.45, 7) is 0. The molecule has 10 aromatic carbocycles. The normalized spacial score (nSPS) is 14.3. The molecule has 0 saturated carbocycles. The number of aromatic nitrogens is 1. The van der Waals surface area contributed by atoms with Crippen LogP contribution in [0.25, 0.3) is 113 Å². The summed E-state index contributed by atoms with van der Waals surface area (Å²) in [6, 6.07) is 73.6. The molecule has 1 atom stereocenters. The fraction of sp³-hybridized carbons (Fsp3) is 0.0164. The molecular weight excluding hydrogens is 853 g/mol. The number of hydrogen-bond donors (Lipinski definition) is 1. The molecule has 318 valence electrons. The Labute approximate surface area is 392 Å². The topological polar surface area (TPSA) is 68.0 Å². The van der Waals surface area contributed by atoms with E-state index in [0.717, 1.165) is 94.3 Å².